The van der Waals surface area contributed by atoms with Crippen LogP contribution in [0.1, 0.15) is 58.1 Å². The highest BCUT2D eigenvalue weighted by Gasteiger charge is 2.43. The first-order chi connectivity index (χ1) is 12.5. The number of hydrogen-bond donors (Lipinski definition) is 1. The van der Waals surface area contributed by atoms with E-state index in [-0.39, 0.29) is 29.9 Å². The van der Waals surface area contributed by atoms with Crippen LogP contribution in [0.25, 0.3) is 0 Å². The van der Waals surface area contributed by atoms with E-state index in [1.807, 2.05) is 44.2 Å². The van der Waals surface area contributed by atoms with Crippen molar-refractivity contribution >= 4 is 11.8 Å². The Labute approximate surface area is 156 Å². The van der Waals surface area contributed by atoms with Crippen LogP contribution < -0.4 is 5.32 Å². The normalized spacial score (nSPS) is 25.1. The third-order valence-electron chi connectivity index (χ3n) is 6.02. The first kappa shape index (κ1) is 18.9. The SMILES string of the molecule is CCC1(CNC(=O)[C@H]2OCC(=O)N(C(C)C)[C@@H]2c2ccccc2)CCC1. The zero-order valence-electron chi connectivity index (χ0n) is 16.0. The number of morpholine rings is 1. The molecule has 2 atom stereocenters. The van der Waals surface area contributed by atoms with Crippen molar-refractivity contribution in [2.75, 3.05) is 13.2 Å². The van der Waals surface area contributed by atoms with Gasteiger partial charge >= 0.3 is 0 Å². The molecule has 1 aliphatic heterocycles. The molecule has 1 saturated carbocycles. The predicted molar refractivity (Wildman–Crippen MR) is 100 cm³/mol. The van der Waals surface area contributed by atoms with E-state index in [9.17, 15) is 9.59 Å². The van der Waals surface area contributed by atoms with Crippen molar-refractivity contribution in [3.8, 4) is 0 Å². The summed E-state index contributed by atoms with van der Waals surface area (Å²) < 4.78 is 5.75. The second-order valence-electron chi connectivity index (χ2n) is 7.91. The molecule has 26 heavy (non-hydrogen) atoms. The molecule has 1 aromatic carbocycles. The van der Waals surface area contributed by atoms with Gasteiger partial charge in [-0.05, 0) is 44.1 Å². The molecule has 0 bridgehead atoms. The Morgan fingerprint density at radius 3 is 2.54 bits per heavy atom. The van der Waals surface area contributed by atoms with Crippen molar-refractivity contribution in [3.63, 3.8) is 0 Å². The number of nitrogens with one attached hydrogen (secondary N) is 1. The summed E-state index contributed by atoms with van der Waals surface area (Å²) >= 11 is 0. The molecule has 1 saturated heterocycles. The first-order valence-corrected chi connectivity index (χ1v) is 9.73. The molecule has 1 aromatic rings. The summed E-state index contributed by atoms with van der Waals surface area (Å²) in [6.07, 6.45) is 4.00. The van der Waals surface area contributed by atoms with Gasteiger partial charge in [-0.15, -0.1) is 0 Å². The van der Waals surface area contributed by atoms with Gasteiger partial charge in [0, 0.05) is 12.6 Å². The average Bonchev–Trinajstić information content (AvgIpc) is 2.61. The van der Waals surface area contributed by atoms with Gasteiger partial charge in [-0.3, -0.25) is 9.59 Å². The number of carbonyl (C=O) groups is 2. The van der Waals surface area contributed by atoms with Gasteiger partial charge in [-0.2, -0.15) is 0 Å². The minimum absolute atomic E-state index is 0.000484. The first-order valence-electron chi connectivity index (χ1n) is 9.73. The number of ether oxygens (including phenoxy) is 1. The molecule has 0 radical (unpaired) electrons. The van der Waals surface area contributed by atoms with Crippen LogP contribution in [0.5, 0.6) is 0 Å². The van der Waals surface area contributed by atoms with Crippen LogP contribution in [0.3, 0.4) is 0 Å². The Bertz CT molecular complexity index is 634. The molecule has 1 N–H and O–H groups in total. The molecule has 2 fully saturated rings. The molecule has 5 heteroatoms. The molecule has 0 aromatic heterocycles. The number of amides is 2. The Kier molecular flexibility index (Phi) is 5.66. The number of benzene rings is 1. The van der Waals surface area contributed by atoms with Crippen molar-refractivity contribution in [2.24, 2.45) is 5.41 Å². The zero-order chi connectivity index (χ0) is 18.7. The maximum absolute atomic E-state index is 13.0. The molecule has 0 spiro atoms. The fraction of sp³-hybridized carbons (Fsp3) is 0.619. The molecule has 1 heterocycles. The quantitative estimate of drug-likeness (QED) is 0.850. The summed E-state index contributed by atoms with van der Waals surface area (Å²) in [5.74, 6) is -0.182. The Morgan fingerprint density at radius 2 is 2.00 bits per heavy atom. The van der Waals surface area contributed by atoms with E-state index in [0.717, 1.165) is 12.0 Å². The molecule has 2 amide bonds. The Hall–Kier alpha value is -1.88. The standard InChI is InChI=1S/C21H30N2O3/c1-4-21(11-8-12-21)14-22-20(25)19-18(16-9-6-5-7-10-16)23(15(2)3)17(24)13-26-19/h5-7,9-10,15,18-19H,4,8,11-14H2,1-3H3,(H,22,25)/t18-,19+/m1/s1. The molecule has 0 unspecified atom stereocenters. The van der Waals surface area contributed by atoms with Crippen LogP contribution in [-0.2, 0) is 14.3 Å². The number of rotatable bonds is 6. The van der Waals surface area contributed by atoms with Gasteiger partial charge in [0.25, 0.3) is 5.91 Å². The molecular formula is C21H30N2O3. The van der Waals surface area contributed by atoms with Crippen molar-refractivity contribution in [1.29, 1.82) is 0 Å². The molecule has 2 aliphatic rings. The second-order valence-corrected chi connectivity index (χ2v) is 7.91. The van der Waals surface area contributed by atoms with E-state index in [0.29, 0.717) is 6.54 Å². The lowest BCUT2D eigenvalue weighted by molar-refractivity contribution is -0.167. The second kappa shape index (κ2) is 7.78. The van der Waals surface area contributed by atoms with Gasteiger partial charge < -0.3 is 15.0 Å². The molecule has 1 aliphatic carbocycles. The van der Waals surface area contributed by atoms with E-state index in [4.69, 9.17) is 4.74 Å². The van der Waals surface area contributed by atoms with Gasteiger partial charge in [0.1, 0.15) is 6.61 Å². The fourth-order valence-electron chi connectivity index (χ4n) is 4.15. The highest BCUT2D eigenvalue weighted by Crippen LogP contribution is 2.43. The summed E-state index contributed by atoms with van der Waals surface area (Å²) in [5, 5.41) is 3.12. The lowest BCUT2D eigenvalue weighted by Crippen LogP contribution is -2.57. The van der Waals surface area contributed by atoms with Gasteiger partial charge in [-0.25, -0.2) is 0 Å². The summed E-state index contributed by atoms with van der Waals surface area (Å²) in [6, 6.07) is 9.33. The van der Waals surface area contributed by atoms with Crippen molar-refractivity contribution in [3.05, 3.63) is 35.9 Å². The number of carbonyl (C=O) groups excluding carboxylic acids is 2. The van der Waals surface area contributed by atoms with Crippen LogP contribution in [0.2, 0.25) is 0 Å². The summed E-state index contributed by atoms with van der Waals surface area (Å²) in [5.41, 5.74) is 1.18. The van der Waals surface area contributed by atoms with Crippen molar-refractivity contribution < 1.29 is 14.3 Å². The number of hydrogen-bond acceptors (Lipinski definition) is 3. The minimum Gasteiger partial charge on any atom is -0.356 e. The average molecular weight is 358 g/mol. The van der Waals surface area contributed by atoms with Crippen LogP contribution >= 0.6 is 0 Å². The summed E-state index contributed by atoms with van der Waals surface area (Å²) in [7, 11) is 0. The van der Waals surface area contributed by atoms with Gasteiger partial charge in [0.2, 0.25) is 5.91 Å². The Morgan fingerprint density at radius 1 is 1.31 bits per heavy atom. The monoisotopic (exact) mass is 358 g/mol. The Balaban J connectivity index is 1.81. The smallest absolute Gasteiger partial charge is 0.251 e. The highest BCUT2D eigenvalue weighted by molar-refractivity contribution is 5.86. The van der Waals surface area contributed by atoms with Crippen molar-refractivity contribution in [2.45, 2.75) is 64.6 Å². The van der Waals surface area contributed by atoms with Gasteiger partial charge in [0.15, 0.2) is 6.10 Å². The summed E-state index contributed by atoms with van der Waals surface area (Å²) in [6.45, 7) is 6.80. The maximum atomic E-state index is 13.0. The zero-order valence-corrected chi connectivity index (χ0v) is 16.0. The molecule has 142 valence electrons. The topological polar surface area (TPSA) is 58.6 Å². The van der Waals surface area contributed by atoms with Gasteiger partial charge in [0.05, 0.1) is 6.04 Å². The van der Waals surface area contributed by atoms with Crippen LogP contribution in [0.15, 0.2) is 30.3 Å². The minimum atomic E-state index is -0.675. The van der Waals surface area contributed by atoms with Crippen molar-refractivity contribution in [1.82, 2.24) is 10.2 Å². The predicted octanol–water partition coefficient (Wildman–Crippen LogP) is 3.06. The lowest BCUT2D eigenvalue weighted by atomic mass is 9.67. The largest absolute Gasteiger partial charge is 0.356 e. The van der Waals surface area contributed by atoms with E-state index < -0.39 is 12.1 Å². The summed E-state index contributed by atoms with van der Waals surface area (Å²) in [4.78, 5) is 27.3. The van der Waals surface area contributed by atoms with Crippen LogP contribution in [0.4, 0.5) is 0 Å². The van der Waals surface area contributed by atoms with E-state index in [1.165, 1.54) is 19.3 Å². The maximum Gasteiger partial charge on any atom is 0.251 e. The van der Waals surface area contributed by atoms with Crippen LogP contribution in [-0.4, -0.2) is 42.0 Å². The van der Waals surface area contributed by atoms with E-state index in [2.05, 4.69) is 12.2 Å². The van der Waals surface area contributed by atoms with E-state index in [1.54, 1.807) is 4.90 Å². The highest BCUT2D eigenvalue weighted by atomic mass is 16.5. The van der Waals surface area contributed by atoms with Gasteiger partial charge in [-0.1, -0.05) is 43.7 Å². The fourth-order valence-corrected chi connectivity index (χ4v) is 4.15. The number of nitrogens with zero attached hydrogens (tertiary/aromatic N) is 1. The lowest BCUT2D eigenvalue weighted by Gasteiger charge is -2.44. The molecule has 3 rings (SSSR count). The molecule has 5 nitrogen and oxygen atoms in total. The third-order valence-corrected chi connectivity index (χ3v) is 6.02. The van der Waals surface area contributed by atoms with E-state index >= 15 is 0 Å². The molecular weight excluding hydrogens is 328 g/mol. The van der Waals surface area contributed by atoms with Crippen LogP contribution in [0, 0.1) is 5.41 Å². The third kappa shape index (κ3) is 3.63.